The quantitative estimate of drug-likeness (QED) is 0.781. The molecule has 1 spiro atoms. The highest BCUT2D eigenvalue weighted by molar-refractivity contribution is 5.78. The molecule has 114 valence electrons. The standard InChI is InChI=1S/C14H25N3O3/c1-2-6-15-12(18)3-7-16-13(19)17-8-4-14(10-17)5-9-20-11-14/h2-11H2,1H3,(H,15,18)(H,16,19)/t14-/m1/s1. The molecule has 2 aliphatic rings. The first kappa shape index (κ1) is 15.1. The van der Waals surface area contributed by atoms with Gasteiger partial charge in [-0.3, -0.25) is 4.79 Å². The molecular formula is C14H25N3O3. The maximum absolute atomic E-state index is 12.0. The minimum atomic E-state index is -0.0583. The zero-order valence-electron chi connectivity index (χ0n) is 12.2. The Morgan fingerprint density at radius 1 is 1.25 bits per heavy atom. The molecule has 0 aliphatic carbocycles. The highest BCUT2D eigenvalue weighted by Crippen LogP contribution is 2.37. The number of rotatable bonds is 5. The Morgan fingerprint density at radius 2 is 2.10 bits per heavy atom. The normalized spacial score (nSPS) is 25.1. The third-order valence-corrected chi connectivity index (χ3v) is 4.11. The van der Waals surface area contributed by atoms with Crippen LogP contribution in [0.3, 0.4) is 0 Å². The van der Waals surface area contributed by atoms with Crippen LogP contribution in [0.25, 0.3) is 0 Å². The minimum Gasteiger partial charge on any atom is -0.381 e. The smallest absolute Gasteiger partial charge is 0.317 e. The number of hydrogen-bond donors (Lipinski definition) is 2. The van der Waals surface area contributed by atoms with Crippen molar-refractivity contribution < 1.29 is 14.3 Å². The van der Waals surface area contributed by atoms with Gasteiger partial charge < -0.3 is 20.3 Å². The van der Waals surface area contributed by atoms with E-state index in [1.807, 2.05) is 11.8 Å². The predicted octanol–water partition coefficient (Wildman–Crippen LogP) is 0.725. The molecule has 20 heavy (non-hydrogen) atoms. The summed E-state index contributed by atoms with van der Waals surface area (Å²) < 4.78 is 5.45. The SMILES string of the molecule is CCCNC(=O)CCNC(=O)N1CC[C@@]2(CCOC2)C1. The number of carbonyl (C=O) groups is 2. The van der Waals surface area contributed by atoms with E-state index < -0.39 is 0 Å². The van der Waals surface area contributed by atoms with Gasteiger partial charge in [0.15, 0.2) is 0 Å². The van der Waals surface area contributed by atoms with Gasteiger partial charge in [-0.1, -0.05) is 6.92 Å². The largest absolute Gasteiger partial charge is 0.381 e. The van der Waals surface area contributed by atoms with Gasteiger partial charge in [-0.25, -0.2) is 4.79 Å². The fraction of sp³-hybridized carbons (Fsp3) is 0.857. The minimum absolute atomic E-state index is 0.00534. The van der Waals surface area contributed by atoms with Gasteiger partial charge in [0.1, 0.15) is 0 Å². The van der Waals surface area contributed by atoms with Gasteiger partial charge in [0.05, 0.1) is 6.61 Å². The number of ether oxygens (including phenoxy) is 1. The lowest BCUT2D eigenvalue weighted by Gasteiger charge is -2.22. The Labute approximate surface area is 120 Å². The molecule has 3 amide bonds. The lowest BCUT2D eigenvalue weighted by Crippen LogP contribution is -2.41. The first-order valence-corrected chi connectivity index (χ1v) is 7.52. The van der Waals surface area contributed by atoms with E-state index in [2.05, 4.69) is 10.6 Å². The second-order valence-electron chi connectivity index (χ2n) is 5.81. The summed E-state index contributed by atoms with van der Waals surface area (Å²) in [5, 5.41) is 5.62. The zero-order chi connectivity index (χ0) is 14.4. The number of urea groups is 1. The molecule has 0 bridgehead atoms. The van der Waals surface area contributed by atoms with Gasteiger partial charge in [-0.15, -0.1) is 0 Å². The number of nitrogens with zero attached hydrogens (tertiary/aromatic N) is 1. The monoisotopic (exact) mass is 283 g/mol. The lowest BCUT2D eigenvalue weighted by atomic mass is 9.87. The summed E-state index contributed by atoms with van der Waals surface area (Å²) in [7, 11) is 0. The van der Waals surface area contributed by atoms with E-state index in [-0.39, 0.29) is 17.4 Å². The Balaban J connectivity index is 1.64. The average molecular weight is 283 g/mol. The van der Waals surface area contributed by atoms with E-state index in [4.69, 9.17) is 4.74 Å². The van der Waals surface area contributed by atoms with Crippen LogP contribution in [0.15, 0.2) is 0 Å². The van der Waals surface area contributed by atoms with E-state index in [0.29, 0.717) is 19.5 Å². The third kappa shape index (κ3) is 3.85. The van der Waals surface area contributed by atoms with Crippen molar-refractivity contribution in [2.75, 3.05) is 39.4 Å². The zero-order valence-corrected chi connectivity index (χ0v) is 12.2. The third-order valence-electron chi connectivity index (χ3n) is 4.11. The first-order chi connectivity index (χ1) is 9.65. The maximum atomic E-state index is 12.0. The Bertz CT molecular complexity index is 354. The number of amides is 3. The van der Waals surface area contributed by atoms with Crippen molar-refractivity contribution in [1.82, 2.24) is 15.5 Å². The fourth-order valence-electron chi connectivity index (χ4n) is 2.83. The number of likely N-dealkylation sites (tertiary alicyclic amines) is 1. The second kappa shape index (κ2) is 6.92. The summed E-state index contributed by atoms with van der Waals surface area (Å²) in [6, 6.07) is -0.0583. The summed E-state index contributed by atoms with van der Waals surface area (Å²) in [5.74, 6) is -0.00534. The van der Waals surface area contributed by atoms with Gasteiger partial charge in [-0.2, -0.15) is 0 Å². The lowest BCUT2D eigenvalue weighted by molar-refractivity contribution is -0.120. The van der Waals surface area contributed by atoms with Crippen LogP contribution < -0.4 is 10.6 Å². The van der Waals surface area contributed by atoms with Crippen molar-refractivity contribution in [3.05, 3.63) is 0 Å². The topological polar surface area (TPSA) is 70.7 Å². The summed E-state index contributed by atoms with van der Waals surface area (Å²) in [6.07, 6.45) is 3.34. The molecule has 6 nitrogen and oxygen atoms in total. The predicted molar refractivity (Wildman–Crippen MR) is 75.4 cm³/mol. The molecular weight excluding hydrogens is 258 g/mol. The molecule has 2 N–H and O–H groups in total. The van der Waals surface area contributed by atoms with E-state index in [0.717, 1.165) is 45.6 Å². The number of carbonyl (C=O) groups excluding carboxylic acids is 2. The van der Waals surface area contributed by atoms with Crippen molar-refractivity contribution in [3.8, 4) is 0 Å². The summed E-state index contributed by atoms with van der Waals surface area (Å²) >= 11 is 0. The molecule has 0 aromatic carbocycles. The average Bonchev–Trinajstić information content (AvgIpc) is 3.07. The van der Waals surface area contributed by atoms with Gasteiger partial charge in [0.25, 0.3) is 0 Å². The second-order valence-corrected chi connectivity index (χ2v) is 5.81. The molecule has 2 rings (SSSR count). The molecule has 1 atom stereocenters. The van der Waals surface area contributed by atoms with Gasteiger partial charge >= 0.3 is 6.03 Å². The van der Waals surface area contributed by atoms with Crippen LogP contribution in [0, 0.1) is 5.41 Å². The molecule has 0 aromatic rings. The van der Waals surface area contributed by atoms with Crippen molar-refractivity contribution in [3.63, 3.8) is 0 Å². The van der Waals surface area contributed by atoms with Crippen LogP contribution in [0.1, 0.15) is 32.6 Å². The van der Waals surface area contributed by atoms with E-state index in [1.54, 1.807) is 0 Å². The van der Waals surface area contributed by atoms with Crippen molar-refractivity contribution in [2.45, 2.75) is 32.6 Å². The Morgan fingerprint density at radius 3 is 2.80 bits per heavy atom. The Hall–Kier alpha value is -1.30. The first-order valence-electron chi connectivity index (χ1n) is 7.52. The van der Waals surface area contributed by atoms with Crippen LogP contribution in [-0.4, -0.2) is 56.2 Å². The van der Waals surface area contributed by atoms with Crippen LogP contribution in [0.2, 0.25) is 0 Å². The number of hydrogen-bond acceptors (Lipinski definition) is 3. The fourth-order valence-corrected chi connectivity index (χ4v) is 2.83. The van der Waals surface area contributed by atoms with Crippen LogP contribution in [-0.2, 0) is 9.53 Å². The van der Waals surface area contributed by atoms with Crippen molar-refractivity contribution in [1.29, 1.82) is 0 Å². The van der Waals surface area contributed by atoms with E-state index >= 15 is 0 Å². The van der Waals surface area contributed by atoms with E-state index in [1.165, 1.54) is 0 Å². The van der Waals surface area contributed by atoms with Gasteiger partial charge in [-0.05, 0) is 19.3 Å². The van der Waals surface area contributed by atoms with E-state index in [9.17, 15) is 9.59 Å². The van der Waals surface area contributed by atoms with Crippen LogP contribution in [0.4, 0.5) is 4.79 Å². The van der Waals surface area contributed by atoms with Crippen molar-refractivity contribution >= 4 is 11.9 Å². The molecule has 2 heterocycles. The highest BCUT2D eigenvalue weighted by atomic mass is 16.5. The maximum Gasteiger partial charge on any atom is 0.317 e. The van der Waals surface area contributed by atoms with Crippen LogP contribution in [0.5, 0.6) is 0 Å². The molecule has 0 aromatic heterocycles. The molecule has 6 heteroatoms. The molecule has 2 fully saturated rings. The van der Waals surface area contributed by atoms with Crippen LogP contribution >= 0.6 is 0 Å². The van der Waals surface area contributed by atoms with Crippen molar-refractivity contribution in [2.24, 2.45) is 5.41 Å². The molecule has 2 saturated heterocycles. The molecule has 0 saturated carbocycles. The van der Waals surface area contributed by atoms with Gasteiger partial charge in [0, 0.05) is 44.6 Å². The van der Waals surface area contributed by atoms with Gasteiger partial charge in [0.2, 0.25) is 5.91 Å². The molecule has 0 unspecified atom stereocenters. The summed E-state index contributed by atoms with van der Waals surface area (Å²) in [4.78, 5) is 25.3. The molecule has 2 aliphatic heterocycles. The number of nitrogens with one attached hydrogen (secondary N) is 2. The summed E-state index contributed by atoms with van der Waals surface area (Å²) in [5.41, 5.74) is 0.190. The highest BCUT2D eigenvalue weighted by Gasteiger charge is 2.42. The molecule has 0 radical (unpaired) electrons. The summed E-state index contributed by atoms with van der Waals surface area (Å²) in [6.45, 7) is 6.26. The Kier molecular flexibility index (Phi) is 5.23.